The van der Waals surface area contributed by atoms with Gasteiger partial charge < -0.3 is 31.3 Å². The van der Waals surface area contributed by atoms with E-state index >= 15 is 0 Å². The summed E-state index contributed by atoms with van der Waals surface area (Å²) >= 11 is 0. The lowest BCUT2D eigenvalue weighted by Crippen LogP contribution is -2.63. The second-order valence-electron chi connectivity index (χ2n) is 12.8. The zero-order valence-corrected chi connectivity index (χ0v) is 23.7. The summed E-state index contributed by atoms with van der Waals surface area (Å²) < 4.78 is 86.7. The molecule has 2 heterocycles. The van der Waals surface area contributed by atoms with E-state index in [2.05, 4.69) is 10.6 Å². The van der Waals surface area contributed by atoms with E-state index in [1.165, 1.54) is 26.1 Å². The van der Waals surface area contributed by atoms with E-state index in [4.69, 9.17) is 10.5 Å². The van der Waals surface area contributed by atoms with Crippen LogP contribution in [0.1, 0.15) is 40.0 Å². The van der Waals surface area contributed by atoms with Crippen molar-refractivity contribution in [1.82, 2.24) is 20.9 Å². The summed E-state index contributed by atoms with van der Waals surface area (Å²) in [6.45, 7) is 4.20. The molecule has 4 fully saturated rings. The third-order valence-electron chi connectivity index (χ3n) is 8.97. The quantitative estimate of drug-likeness (QED) is 0.286. The molecule has 0 aromatic heterocycles. The number of nitrogens with zero attached hydrogens (tertiary/aromatic N) is 1. The van der Waals surface area contributed by atoms with Crippen LogP contribution in [-0.4, -0.2) is 96.6 Å². The Morgan fingerprint density at radius 3 is 2.28 bits per heavy atom. The van der Waals surface area contributed by atoms with Gasteiger partial charge in [-0.3, -0.25) is 24.0 Å². The molecule has 6 unspecified atom stereocenters. The van der Waals surface area contributed by atoms with Crippen molar-refractivity contribution in [3.8, 4) is 0 Å². The number of nitrogens with one attached hydrogen (secondary N) is 3. The van der Waals surface area contributed by atoms with Crippen LogP contribution in [0.15, 0.2) is 0 Å². The van der Waals surface area contributed by atoms with Gasteiger partial charge in [-0.25, -0.2) is 4.39 Å². The highest BCUT2D eigenvalue weighted by molar-refractivity contribution is 5.96. The highest BCUT2D eigenvalue weighted by Gasteiger charge is 2.66. The number of morpholine rings is 1. The molecule has 43 heavy (non-hydrogen) atoms. The van der Waals surface area contributed by atoms with Crippen molar-refractivity contribution in [2.75, 3.05) is 19.7 Å². The lowest BCUT2D eigenvalue weighted by atomic mass is 9.77. The Kier molecular flexibility index (Phi) is 8.72. The van der Waals surface area contributed by atoms with E-state index < -0.39 is 95.2 Å². The number of hydrogen-bond acceptors (Lipinski definition) is 6. The van der Waals surface area contributed by atoms with Crippen LogP contribution in [0.3, 0.4) is 0 Å². The van der Waals surface area contributed by atoms with Gasteiger partial charge in [-0.2, -0.15) is 22.0 Å². The predicted octanol–water partition coefficient (Wildman–Crippen LogP) is 0.411. The number of rotatable bonds is 8. The number of carbonyl (C=O) groups excluding carboxylic acids is 5. The number of alkyl halides is 6. The number of nitrogens with two attached hydrogens (primary N) is 1. The van der Waals surface area contributed by atoms with Crippen LogP contribution in [0.4, 0.5) is 26.3 Å². The highest BCUT2D eigenvalue weighted by atomic mass is 19.4. The topological polar surface area (TPSA) is 160 Å². The fourth-order valence-corrected chi connectivity index (χ4v) is 6.89. The van der Waals surface area contributed by atoms with Gasteiger partial charge in [-0.05, 0) is 41.9 Å². The van der Waals surface area contributed by atoms with E-state index in [0.29, 0.717) is 6.42 Å². The van der Waals surface area contributed by atoms with E-state index in [-0.39, 0.29) is 38.5 Å². The summed E-state index contributed by atoms with van der Waals surface area (Å²) in [5.41, 5.74) is 4.07. The van der Waals surface area contributed by atoms with Gasteiger partial charge in [0.15, 0.2) is 0 Å². The van der Waals surface area contributed by atoms with Crippen LogP contribution in [0.25, 0.3) is 0 Å². The monoisotopic (exact) mass is 627 g/mol. The Bertz CT molecular complexity index is 1160. The maximum absolute atomic E-state index is 14.9. The minimum absolute atomic E-state index is 0.138. The van der Waals surface area contributed by atoms with Gasteiger partial charge in [-0.15, -0.1) is 0 Å². The number of hydrogen-bond donors (Lipinski definition) is 4. The zero-order chi connectivity index (χ0) is 32.2. The Balaban J connectivity index is 1.63. The minimum atomic E-state index is -6.23. The summed E-state index contributed by atoms with van der Waals surface area (Å²) in [7, 11) is 0. The van der Waals surface area contributed by atoms with E-state index in [9.17, 15) is 50.3 Å². The summed E-state index contributed by atoms with van der Waals surface area (Å²) in [6, 6.07) is -4.85. The first-order valence-corrected chi connectivity index (χ1v) is 13.9. The third-order valence-corrected chi connectivity index (χ3v) is 8.97. The van der Waals surface area contributed by atoms with Gasteiger partial charge >= 0.3 is 18.0 Å². The smallest absolute Gasteiger partial charge is 0.368 e. The molecule has 0 aromatic carbocycles. The van der Waals surface area contributed by atoms with Gasteiger partial charge in [0.2, 0.25) is 23.6 Å². The van der Waals surface area contributed by atoms with E-state index in [1.54, 1.807) is 0 Å². The minimum Gasteiger partial charge on any atom is -0.368 e. The predicted molar refractivity (Wildman–Crippen MR) is 134 cm³/mol. The van der Waals surface area contributed by atoms with Crippen LogP contribution in [0.2, 0.25) is 0 Å². The fourth-order valence-electron chi connectivity index (χ4n) is 6.89. The van der Waals surface area contributed by atoms with E-state index in [0.717, 1.165) is 4.90 Å². The Morgan fingerprint density at radius 1 is 1.07 bits per heavy atom. The summed E-state index contributed by atoms with van der Waals surface area (Å²) in [5.74, 6) is -14.2. The first-order valence-electron chi connectivity index (χ1n) is 13.9. The Morgan fingerprint density at radius 2 is 1.72 bits per heavy atom. The van der Waals surface area contributed by atoms with Gasteiger partial charge in [-0.1, -0.05) is 20.8 Å². The van der Waals surface area contributed by atoms with Gasteiger partial charge in [0.25, 0.3) is 0 Å². The number of ether oxygens (including phenoxy) is 1. The first kappa shape index (κ1) is 32.8. The second-order valence-corrected chi connectivity index (χ2v) is 12.8. The maximum atomic E-state index is 14.9. The maximum Gasteiger partial charge on any atom is 0.463 e. The molecule has 2 aliphatic carbocycles. The van der Waals surface area contributed by atoms with Crippen molar-refractivity contribution in [1.29, 1.82) is 0 Å². The van der Waals surface area contributed by atoms with Crippen molar-refractivity contribution in [2.24, 2.45) is 34.8 Å². The van der Waals surface area contributed by atoms with Crippen LogP contribution in [-0.2, 0) is 28.7 Å². The van der Waals surface area contributed by atoms with Crippen molar-refractivity contribution < 1.29 is 55.1 Å². The van der Waals surface area contributed by atoms with Crippen LogP contribution in [0, 0.1) is 29.1 Å². The van der Waals surface area contributed by atoms with Gasteiger partial charge in [0.1, 0.15) is 30.4 Å². The molecular formula is C26H35F6N5O6. The largest absolute Gasteiger partial charge is 0.463 e. The molecule has 5 amide bonds. The summed E-state index contributed by atoms with van der Waals surface area (Å²) in [4.78, 5) is 65.2. The molecule has 2 saturated heterocycles. The standard InChI is InChI=1S/C26H35F6N5O6/c1-24(2,3)18(36-23(42)25(28,29)26(30,31)32)22(41)37-9-12-10-6-11(13(27)7-10)16(12)17(37)21(40)35-14(19(33)38)8-15-20(39)34-4-5-43-15/h10-18H,4-9H2,1-3H3,(H2,33,38)(H,34,39)(H,35,40)(H,36,42)/t10?,11?,12?,13?,14-,15-,16?,17?,18+/m0/s1. The third kappa shape index (κ3) is 6.13. The molecule has 4 aliphatic rings. The molecule has 0 radical (unpaired) electrons. The number of primary amides is 1. The second kappa shape index (κ2) is 11.4. The lowest BCUT2D eigenvalue weighted by molar-refractivity contribution is -0.270. The lowest BCUT2D eigenvalue weighted by Gasteiger charge is -2.38. The molecule has 17 heteroatoms. The van der Waals surface area contributed by atoms with Gasteiger partial charge in [0.05, 0.1) is 6.61 Å². The normalized spacial score (nSPS) is 32.1. The molecule has 4 rings (SSSR count). The Hall–Kier alpha value is -3.11. The average molecular weight is 628 g/mol. The van der Waals surface area contributed by atoms with Crippen LogP contribution < -0.4 is 21.7 Å². The summed E-state index contributed by atoms with van der Waals surface area (Å²) in [5, 5.41) is 6.48. The number of halogens is 6. The molecule has 0 spiro atoms. The number of amides is 5. The van der Waals surface area contributed by atoms with Gasteiger partial charge in [0, 0.05) is 19.5 Å². The highest BCUT2D eigenvalue weighted by Crippen LogP contribution is 2.58. The fraction of sp³-hybridized carbons (Fsp3) is 0.808. The number of fused-ring (bicyclic) bond motifs is 5. The molecule has 11 nitrogen and oxygen atoms in total. The van der Waals surface area contributed by atoms with E-state index in [1.807, 2.05) is 0 Å². The van der Waals surface area contributed by atoms with Crippen molar-refractivity contribution in [2.45, 2.75) is 82.5 Å². The molecule has 2 bridgehead atoms. The number of carbonyl (C=O) groups is 5. The molecule has 2 aliphatic heterocycles. The van der Waals surface area contributed by atoms with Crippen LogP contribution >= 0.6 is 0 Å². The zero-order valence-electron chi connectivity index (χ0n) is 23.7. The molecule has 9 atom stereocenters. The average Bonchev–Trinajstić information content (AvgIpc) is 3.56. The number of likely N-dealkylation sites (tertiary alicyclic amines) is 1. The SMILES string of the molecule is CC(C)(C)[C@H](NC(=O)C(F)(F)C(F)(F)F)C(=O)N1CC2C3CC(F)C(C3)C2C1C(=O)N[C@@H](C[C@@H]1OCCNC1=O)C(N)=O. The first-order chi connectivity index (χ1) is 19.8. The molecule has 5 N–H and O–H groups in total. The molecular weight excluding hydrogens is 592 g/mol. The Labute approximate surface area is 243 Å². The molecule has 242 valence electrons. The molecule has 2 saturated carbocycles. The summed E-state index contributed by atoms with van der Waals surface area (Å²) in [6.07, 6.45) is -8.41. The van der Waals surface area contributed by atoms with Crippen molar-refractivity contribution in [3.63, 3.8) is 0 Å². The van der Waals surface area contributed by atoms with Crippen LogP contribution in [0.5, 0.6) is 0 Å². The van der Waals surface area contributed by atoms with Crippen molar-refractivity contribution in [3.05, 3.63) is 0 Å². The van der Waals surface area contributed by atoms with Crippen molar-refractivity contribution >= 4 is 29.5 Å². The molecule has 0 aromatic rings.